The van der Waals surface area contributed by atoms with Gasteiger partial charge < -0.3 is 14.8 Å². The second-order valence-corrected chi connectivity index (χ2v) is 5.37. The number of hydrogen-bond donors (Lipinski definition) is 1. The van der Waals surface area contributed by atoms with Crippen molar-refractivity contribution in [2.24, 2.45) is 0 Å². The summed E-state index contributed by atoms with van der Waals surface area (Å²) in [5.74, 6) is 0. The summed E-state index contributed by atoms with van der Waals surface area (Å²) < 4.78 is 11.1. The third-order valence-corrected chi connectivity index (χ3v) is 4.02. The SMILES string of the molecule is CCN(CCNC1CCOCC1)CC1CCCO1. The zero-order valence-electron chi connectivity index (χ0n) is 11.7. The Bertz CT molecular complexity index is 214. The van der Waals surface area contributed by atoms with Crippen molar-refractivity contribution in [3.05, 3.63) is 0 Å². The molecule has 1 N–H and O–H groups in total. The number of likely N-dealkylation sites (N-methyl/N-ethyl adjacent to an activating group) is 1. The summed E-state index contributed by atoms with van der Waals surface area (Å²) in [6, 6.07) is 0.667. The Balaban J connectivity index is 1.57. The Kier molecular flexibility index (Phi) is 6.41. The summed E-state index contributed by atoms with van der Waals surface area (Å²) in [5.41, 5.74) is 0. The fourth-order valence-corrected chi connectivity index (χ4v) is 2.78. The van der Waals surface area contributed by atoms with Gasteiger partial charge in [0.05, 0.1) is 6.10 Å². The molecule has 0 aliphatic carbocycles. The van der Waals surface area contributed by atoms with E-state index in [4.69, 9.17) is 9.47 Å². The van der Waals surface area contributed by atoms with Gasteiger partial charge in [-0.05, 0) is 32.2 Å². The van der Waals surface area contributed by atoms with Crippen LogP contribution in [0.25, 0.3) is 0 Å². The summed E-state index contributed by atoms with van der Waals surface area (Å²) in [6.07, 6.45) is 5.29. The topological polar surface area (TPSA) is 33.7 Å². The van der Waals surface area contributed by atoms with Crippen LogP contribution in [0.4, 0.5) is 0 Å². The van der Waals surface area contributed by atoms with Crippen molar-refractivity contribution in [1.82, 2.24) is 10.2 Å². The molecular formula is C14H28N2O2. The first-order valence-corrected chi connectivity index (χ1v) is 7.53. The lowest BCUT2D eigenvalue weighted by Gasteiger charge is -2.27. The molecule has 4 nitrogen and oxygen atoms in total. The third-order valence-electron chi connectivity index (χ3n) is 4.02. The first-order valence-electron chi connectivity index (χ1n) is 7.53. The third kappa shape index (κ3) is 4.84. The van der Waals surface area contributed by atoms with E-state index in [1.807, 2.05) is 0 Å². The molecule has 2 rings (SSSR count). The summed E-state index contributed by atoms with van der Waals surface area (Å²) >= 11 is 0. The van der Waals surface area contributed by atoms with Crippen molar-refractivity contribution >= 4 is 0 Å². The number of ether oxygens (including phenoxy) is 2. The van der Waals surface area contributed by atoms with Crippen LogP contribution < -0.4 is 5.32 Å². The van der Waals surface area contributed by atoms with E-state index < -0.39 is 0 Å². The molecule has 2 fully saturated rings. The van der Waals surface area contributed by atoms with Gasteiger partial charge in [0.15, 0.2) is 0 Å². The molecule has 106 valence electrons. The van der Waals surface area contributed by atoms with Gasteiger partial charge in [0, 0.05) is 45.5 Å². The van der Waals surface area contributed by atoms with Crippen molar-refractivity contribution in [3.63, 3.8) is 0 Å². The average molecular weight is 256 g/mol. The Labute approximate surface area is 111 Å². The largest absolute Gasteiger partial charge is 0.381 e. The van der Waals surface area contributed by atoms with Gasteiger partial charge >= 0.3 is 0 Å². The van der Waals surface area contributed by atoms with Crippen LogP contribution in [0.2, 0.25) is 0 Å². The van der Waals surface area contributed by atoms with Gasteiger partial charge in [-0.15, -0.1) is 0 Å². The number of hydrogen-bond acceptors (Lipinski definition) is 4. The predicted octanol–water partition coefficient (Wildman–Crippen LogP) is 1.26. The summed E-state index contributed by atoms with van der Waals surface area (Å²) in [7, 11) is 0. The maximum atomic E-state index is 5.70. The number of nitrogens with zero attached hydrogens (tertiary/aromatic N) is 1. The fourth-order valence-electron chi connectivity index (χ4n) is 2.78. The van der Waals surface area contributed by atoms with E-state index in [1.165, 1.54) is 12.8 Å². The van der Waals surface area contributed by atoms with Crippen LogP contribution in [0, 0.1) is 0 Å². The zero-order chi connectivity index (χ0) is 12.6. The van der Waals surface area contributed by atoms with Crippen LogP contribution in [0.3, 0.4) is 0 Å². The molecule has 2 heterocycles. The second kappa shape index (κ2) is 8.10. The second-order valence-electron chi connectivity index (χ2n) is 5.37. The molecule has 0 aromatic heterocycles. The highest BCUT2D eigenvalue weighted by Crippen LogP contribution is 2.13. The summed E-state index contributed by atoms with van der Waals surface area (Å²) in [4.78, 5) is 2.50. The van der Waals surface area contributed by atoms with Crippen molar-refractivity contribution in [1.29, 1.82) is 0 Å². The highest BCUT2D eigenvalue weighted by atomic mass is 16.5. The molecule has 0 bridgehead atoms. The quantitative estimate of drug-likeness (QED) is 0.743. The molecule has 2 saturated heterocycles. The molecule has 0 aromatic carbocycles. The van der Waals surface area contributed by atoms with Crippen molar-refractivity contribution in [2.45, 2.75) is 44.8 Å². The highest BCUT2D eigenvalue weighted by molar-refractivity contribution is 4.73. The van der Waals surface area contributed by atoms with Gasteiger partial charge in [0.1, 0.15) is 0 Å². The average Bonchev–Trinajstić information content (AvgIpc) is 2.92. The van der Waals surface area contributed by atoms with Gasteiger partial charge in [-0.2, -0.15) is 0 Å². The molecule has 18 heavy (non-hydrogen) atoms. The Morgan fingerprint density at radius 1 is 1.17 bits per heavy atom. The van der Waals surface area contributed by atoms with Crippen molar-refractivity contribution in [3.8, 4) is 0 Å². The van der Waals surface area contributed by atoms with E-state index in [1.54, 1.807) is 0 Å². The molecule has 1 atom stereocenters. The fraction of sp³-hybridized carbons (Fsp3) is 1.00. The molecule has 4 heteroatoms. The Morgan fingerprint density at radius 3 is 2.67 bits per heavy atom. The normalized spacial score (nSPS) is 26.0. The van der Waals surface area contributed by atoms with E-state index in [9.17, 15) is 0 Å². The first-order chi connectivity index (χ1) is 8.88. The van der Waals surface area contributed by atoms with Gasteiger partial charge in [-0.25, -0.2) is 0 Å². The molecule has 0 aromatic rings. The standard InChI is InChI=1S/C14H28N2O2/c1-2-16(12-14-4-3-9-18-14)8-7-15-13-5-10-17-11-6-13/h13-15H,2-12H2,1H3. The minimum atomic E-state index is 0.480. The maximum absolute atomic E-state index is 5.70. The van der Waals surface area contributed by atoms with E-state index in [0.29, 0.717) is 12.1 Å². The Morgan fingerprint density at radius 2 is 2.00 bits per heavy atom. The van der Waals surface area contributed by atoms with Crippen LogP contribution in [0.1, 0.15) is 32.6 Å². The molecule has 1 unspecified atom stereocenters. The van der Waals surface area contributed by atoms with Crippen LogP contribution in [-0.4, -0.2) is 63.0 Å². The molecule has 2 aliphatic rings. The van der Waals surface area contributed by atoms with Gasteiger partial charge in [0.25, 0.3) is 0 Å². The van der Waals surface area contributed by atoms with E-state index in [0.717, 1.165) is 58.8 Å². The van der Waals surface area contributed by atoms with E-state index in [-0.39, 0.29) is 0 Å². The summed E-state index contributed by atoms with van der Waals surface area (Å²) in [5, 5.41) is 3.65. The van der Waals surface area contributed by atoms with Gasteiger partial charge in [0.2, 0.25) is 0 Å². The van der Waals surface area contributed by atoms with Crippen LogP contribution in [0.15, 0.2) is 0 Å². The molecule has 2 aliphatic heterocycles. The van der Waals surface area contributed by atoms with Crippen molar-refractivity contribution < 1.29 is 9.47 Å². The number of nitrogens with one attached hydrogen (secondary N) is 1. The predicted molar refractivity (Wildman–Crippen MR) is 72.9 cm³/mol. The summed E-state index contributed by atoms with van der Waals surface area (Å²) in [6.45, 7) is 9.49. The van der Waals surface area contributed by atoms with Crippen LogP contribution in [0.5, 0.6) is 0 Å². The smallest absolute Gasteiger partial charge is 0.0702 e. The van der Waals surface area contributed by atoms with Gasteiger partial charge in [-0.3, -0.25) is 4.90 Å². The lowest BCUT2D eigenvalue weighted by atomic mass is 10.1. The monoisotopic (exact) mass is 256 g/mol. The van der Waals surface area contributed by atoms with Gasteiger partial charge in [-0.1, -0.05) is 6.92 Å². The minimum absolute atomic E-state index is 0.480. The molecule has 0 radical (unpaired) electrons. The van der Waals surface area contributed by atoms with Crippen molar-refractivity contribution in [2.75, 3.05) is 46.0 Å². The molecule has 0 amide bonds. The van der Waals surface area contributed by atoms with Crippen LogP contribution >= 0.6 is 0 Å². The number of rotatable bonds is 7. The van der Waals surface area contributed by atoms with E-state index in [2.05, 4.69) is 17.1 Å². The zero-order valence-corrected chi connectivity index (χ0v) is 11.7. The minimum Gasteiger partial charge on any atom is -0.381 e. The lowest BCUT2D eigenvalue weighted by Crippen LogP contribution is -2.41. The van der Waals surface area contributed by atoms with E-state index >= 15 is 0 Å². The molecular weight excluding hydrogens is 228 g/mol. The highest BCUT2D eigenvalue weighted by Gasteiger charge is 2.18. The first kappa shape index (κ1) is 14.3. The van der Waals surface area contributed by atoms with Crippen LogP contribution in [-0.2, 0) is 9.47 Å². The molecule has 0 spiro atoms. The molecule has 0 saturated carbocycles. The Hall–Kier alpha value is -0.160. The lowest BCUT2D eigenvalue weighted by molar-refractivity contribution is 0.0690. The maximum Gasteiger partial charge on any atom is 0.0702 e.